The largest absolute Gasteiger partial charge is 0.380 e. The third-order valence-corrected chi connectivity index (χ3v) is 3.15. The first-order valence-electron chi connectivity index (χ1n) is 6.64. The summed E-state index contributed by atoms with van der Waals surface area (Å²) in [5.41, 5.74) is -0.812. The maximum absolute atomic E-state index is 12.3. The Bertz CT molecular complexity index is 315. The zero-order valence-corrected chi connectivity index (χ0v) is 11.8. The van der Waals surface area contributed by atoms with E-state index in [4.69, 9.17) is 4.74 Å². The number of carbonyl (C=O) groups excluding carboxylic acids is 2. The fraction of sp³-hybridized carbons (Fsp3) is 0.846. The highest BCUT2D eigenvalue weighted by molar-refractivity contribution is 5.99. The molecule has 1 fully saturated rings. The van der Waals surface area contributed by atoms with Crippen LogP contribution in [0.25, 0.3) is 0 Å². The second kappa shape index (κ2) is 6.18. The minimum atomic E-state index is -0.812. The summed E-state index contributed by atoms with van der Waals surface area (Å²) in [6.07, 6.45) is 1.57. The van der Waals surface area contributed by atoms with Crippen LogP contribution in [-0.2, 0) is 14.3 Å². The minimum absolute atomic E-state index is 0.0275. The third-order valence-electron chi connectivity index (χ3n) is 3.15. The van der Waals surface area contributed by atoms with Crippen molar-refractivity contribution in [3.63, 3.8) is 0 Å². The van der Waals surface area contributed by atoms with Crippen LogP contribution in [0.3, 0.4) is 0 Å². The summed E-state index contributed by atoms with van der Waals surface area (Å²) in [5, 5.41) is 2.79. The van der Waals surface area contributed by atoms with Crippen molar-refractivity contribution in [3.8, 4) is 0 Å². The molecule has 18 heavy (non-hydrogen) atoms. The lowest BCUT2D eigenvalue weighted by molar-refractivity contribution is -0.154. The third kappa shape index (κ3) is 3.22. The van der Waals surface area contributed by atoms with Crippen molar-refractivity contribution < 1.29 is 14.3 Å². The van der Waals surface area contributed by atoms with Crippen molar-refractivity contribution in [2.75, 3.05) is 19.8 Å². The highest BCUT2D eigenvalue weighted by Gasteiger charge is 2.44. The molecule has 1 rings (SSSR count). The summed E-state index contributed by atoms with van der Waals surface area (Å²) in [7, 11) is 0. The van der Waals surface area contributed by atoms with Gasteiger partial charge in [0.2, 0.25) is 11.8 Å². The SMILES string of the molecule is CCCC1C(=O)NC(C)(C)C(=O)N1CCOCC. The van der Waals surface area contributed by atoms with Gasteiger partial charge in [-0.25, -0.2) is 0 Å². The number of piperazine rings is 1. The first kappa shape index (κ1) is 15.0. The number of ether oxygens (including phenoxy) is 1. The van der Waals surface area contributed by atoms with Gasteiger partial charge in [-0.05, 0) is 27.2 Å². The molecule has 1 aliphatic heterocycles. The van der Waals surface area contributed by atoms with E-state index in [9.17, 15) is 9.59 Å². The van der Waals surface area contributed by atoms with E-state index >= 15 is 0 Å². The molecule has 0 bridgehead atoms. The number of nitrogens with zero attached hydrogens (tertiary/aromatic N) is 1. The maximum atomic E-state index is 12.3. The lowest BCUT2D eigenvalue weighted by Gasteiger charge is -2.42. The van der Waals surface area contributed by atoms with Gasteiger partial charge in [0.1, 0.15) is 11.6 Å². The first-order chi connectivity index (χ1) is 8.44. The zero-order chi connectivity index (χ0) is 13.8. The molecule has 0 spiro atoms. The van der Waals surface area contributed by atoms with Crippen LogP contribution in [-0.4, -0.2) is 48.1 Å². The van der Waals surface area contributed by atoms with Crippen LogP contribution >= 0.6 is 0 Å². The van der Waals surface area contributed by atoms with Gasteiger partial charge in [0.25, 0.3) is 0 Å². The average Bonchev–Trinajstić information content (AvgIpc) is 2.29. The smallest absolute Gasteiger partial charge is 0.248 e. The molecular weight excluding hydrogens is 232 g/mol. The highest BCUT2D eigenvalue weighted by Crippen LogP contribution is 2.20. The molecule has 1 N–H and O–H groups in total. The Balaban J connectivity index is 2.80. The molecule has 2 amide bonds. The number of hydrogen-bond donors (Lipinski definition) is 1. The molecule has 5 heteroatoms. The predicted molar refractivity (Wildman–Crippen MR) is 69.1 cm³/mol. The Labute approximate surface area is 109 Å². The van der Waals surface area contributed by atoms with Gasteiger partial charge < -0.3 is 15.0 Å². The quantitative estimate of drug-likeness (QED) is 0.719. The molecule has 1 unspecified atom stereocenters. The molecule has 5 nitrogen and oxygen atoms in total. The number of amides is 2. The van der Waals surface area contributed by atoms with Crippen molar-refractivity contribution in [1.29, 1.82) is 0 Å². The summed E-state index contributed by atoms with van der Waals surface area (Å²) in [6, 6.07) is -0.351. The number of nitrogens with one attached hydrogen (secondary N) is 1. The summed E-state index contributed by atoms with van der Waals surface area (Å²) >= 11 is 0. The lowest BCUT2D eigenvalue weighted by atomic mass is 9.95. The van der Waals surface area contributed by atoms with Crippen molar-refractivity contribution in [2.24, 2.45) is 0 Å². The van der Waals surface area contributed by atoms with Gasteiger partial charge in [-0.15, -0.1) is 0 Å². The van der Waals surface area contributed by atoms with E-state index < -0.39 is 5.54 Å². The van der Waals surface area contributed by atoms with Gasteiger partial charge in [-0.3, -0.25) is 9.59 Å². The van der Waals surface area contributed by atoms with Crippen LogP contribution in [0.5, 0.6) is 0 Å². The van der Waals surface area contributed by atoms with E-state index in [2.05, 4.69) is 5.32 Å². The van der Waals surface area contributed by atoms with Crippen LogP contribution in [0.4, 0.5) is 0 Å². The van der Waals surface area contributed by atoms with Gasteiger partial charge in [0, 0.05) is 13.2 Å². The Morgan fingerprint density at radius 3 is 2.56 bits per heavy atom. The van der Waals surface area contributed by atoms with Crippen LogP contribution in [0.15, 0.2) is 0 Å². The second-order valence-electron chi connectivity index (χ2n) is 5.11. The molecule has 0 aromatic carbocycles. The van der Waals surface area contributed by atoms with Crippen molar-refractivity contribution in [1.82, 2.24) is 10.2 Å². The fourth-order valence-electron chi connectivity index (χ4n) is 2.21. The minimum Gasteiger partial charge on any atom is -0.380 e. The topological polar surface area (TPSA) is 58.6 Å². The molecule has 0 saturated carbocycles. The molecule has 0 radical (unpaired) electrons. The molecule has 1 aliphatic rings. The number of hydrogen-bond acceptors (Lipinski definition) is 3. The lowest BCUT2D eigenvalue weighted by Crippen LogP contribution is -2.68. The molecule has 0 aliphatic carbocycles. The Hall–Kier alpha value is -1.10. The molecule has 1 heterocycles. The predicted octanol–water partition coefficient (Wildman–Crippen LogP) is 0.929. The van der Waals surface area contributed by atoms with Crippen LogP contribution in [0, 0.1) is 0 Å². The maximum Gasteiger partial charge on any atom is 0.248 e. The first-order valence-corrected chi connectivity index (χ1v) is 6.64. The van der Waals surface area contributed by atoms with Crippen molar-refractivity contribution >= 4 is 11.8 Å². The Morgan fingerprint density at radius 2 is 2.00 bits per heavy atom. The van der Waals surface area contributed by atoms with E-state index in [0.29, 0.717) is 26.2 Å². The average molecular weight is 256 g/mol. The summed E-state index contributed by atoms with van der Waals surface area (Å²) in [4.78, 5) is 26.0. The summed E-state index contributed by atoms with van der Waals surface area (Å²) in [5.74, 6) is -0.0850. The van der Waals surface area contributed by atoms with E-state index in [1.54, 1.807) is 18.7 Å². The molecule has 1 atom stereocenters. The highest BCUT2D eigenvalue weighted by atomic mass is 16.5. The summed E-state index contributed by atoms with van der Waals surface area (Å²) in [6.45, 7) is 8.98. The molecule has 104 valence electrons. The van der Waals surface area contributed by atoms with E-state index in [0.717, 1.165) is 6.42 Å². The fourth-order valence-corrected chi connectivity index (χ4v) is 2.21. The van der Waals surface area contributed by atoms with E-state index in [1.807, 2.05) is 13.8 Å². The molecule has 0 aromatic heterocycles. The summed E-state index contributed by atoms with van der Waals surface area (Å²) < 4.78 is 5.29. The van der Waals surface area contributed by atoms with E-state index in [1.165, 1.54) is 0 Å². The van der Waals surface area contributed by atoms with E-state index in [-0.39, 0.29) is 17.9 Å². The van der Waals surface area contributed by atoms with Gasteiger partial charge in [0.05, 0.1) is 6.61 Å². The molecule has 0 aromatic rings. The zero-order valence-electron chi connectivity index (χ0n) is 11.8. The van der Waals surface area contributed by atoms with Crippen molar-refractivity contribution in [2.45, 2.75) is 52.1 Å². The van der Waals surface area contributed by atoms with Gasteiger partial charge in [0.15, 0.2) is 0 Å². The van der Waals surface area contributed by atoms with Gasteiger partial charge >= 0.3 is 0 Å². The Kier molecular flexibility index (Phi) is 5.14. The molecular formula is C13H24N2O3. The van der Waals surface area contributed by atoms with Gasteiger partial charge in [-0.1, -0.05) is 13.3 Å². The van der Waals surface area contributed by atoms with Crippen LogP contribution in [0.1, 0.15) is 40.5 Å². The van der Waals surface area contributed by atoms with Crippen LogP contribution < -0.4 is 5.32 Å². The standard InChI is InChI=1S/C13H24N2O3/c1-5-7-10-11(16)14-13(3,4)12(17)15(10)8-9-18-6-2/h10H,5-9H2,1-4H3,(H,14,16). The second-order valence-corrected chi connectivity index (χ2v) is 5.11. The van der Waals surface area contributed by atoms with Crippen LogP contribution in [0.2, 0.25) is 0 Å². The molecule has 1 saturated heterocycles. The Morgan fingerprint density at radius 1 is 1.33 bits per heavy atom. The monoisotopic (exact) mass is 256 g/mol. The number of carbonyl (C=O) groups is 2. The normalized spacial score (nSPS) is 23.1. The van der Waals surface area contributed by atoms with Gasteiger partial charge in [-0.2, -0.15) is 0 Å². The van der Waals surface area contributed by atoms with Crippen molar-refractivity contribution in [3.05, 3.63) is 0 Å². The number of rotatable bonds is 6.